The first-order chi connectivity index (χ1) is 13.7. The Morgan fingerprint density at radius 2 is 1.89 bits per heavy atom. The summed E-state index contributed by atoms with van der Waals surface area (Å²) in [4.78, 5) is 18.9. The maximum Gasteiger partial charge on any atom is 0.227 e. The third kappa shape index (κ3) is 3.17. The number of carbonyl (C=O) groups is 1. The van der Waals surface area contributed by atoms with Gasteiger partial charge < -0.3 is 15.2 Å². The largest absolute Gasteiger partial charge is 0.372 e. The van der Waals surface area contributed by atoms with Gasteiger partial charge >= 0.3 is 0 Å². The Balaban J connectivity index is 1.30. The van der Waals surface area contributed by atoms with Crippen LogP contribution in [0, 0.1) is 12.8 Å². The number of hydrogen-bond donors (Lipinski definition) is 2. The zero-order valence-corrected chi connectivity index (χ0v) is 16.4. The van der Waals surface area contributed by atoms with Crippen molar-refractivity contribution in [3.63, 3.8) is 0 Å². The average molecular weight is 374 g/mol. The monoisotopic (exact) mass is 373 g/mol. The highest BCUT2D eigenvalue weighted by Crippen LogP contribution is 2.33. The quantitative estimate of drug-likeness (QED) is 0.691. The predicted molar refractivity (Wildman–Crippen MR) is 115 cm³/mol. The number of hydrogen-bond acceptors (Lipinski definition) is 2. The summed E-state index contributed by atoms with van der Waals surface area (Å²) in [6.45, 7) is 4.40. The average Bonchev–Trinajstić information content (AvgIpc) is 3.36. The van der Waals surface area contributed by atoms with Crippen LogP contribution in [0.25, 0.3) is 10.9 Å². The Morgan fingerprint density at radius 1 is 1.11 bits per heavy atom. The lowest BCUT2D eigenvalue weighted by molar-refractivity contribution is -0.120. The minimum absolute atomic E-state index is 0.0327. The number of aromatic nitrogens is 1. The van der Waals surface area contributed by atoms with Crippen molar-refractivity contribution in [1.82, 2.24) is 4.98 Å². The standard InChI is InChI=1S/C24H27N3O/c1-16-4-10-22-20(14-16)21-15-17(5-11-23(21)26-22)24(28)25-18-6-8-19(9-7-18)27-12-2-3-13-27/h4,6-10,14,17,26H,2-3,5,11-13,15H2,1H3,(H,25,28). The van der Waals surface area contributed by atoms with Gasteiger partial charge in [-0.1, -0.05) is 11.6 Å². The molecule has 0 bridgehead atoms. The molecule has 1 aliphatic heterocycles. The fourth-order valence-electron chi connectivity index (χ4n) is 4.73. The van der Waals surface area contributed by atoms with E-state index in [1.54, 1.807) is 0 Å². The molecule has 1 fully saturated rings. The molecule has 3 aromatic rings. The Hall–Kier alpha value is -2.75. The van der Waals surface area contributed by atoms with Crippen molar-refractivity contribution in [2.45, 2.75) is 39.0 Å². The van der Waals surface area contributed by atoms with E-state index < -0.39 is 0 Å². The number of fused-ring (bicyclic) bond motifs is 3. The van der Waals surface area contributed by atoms with Gasteiger partial charge in [0.1, 0.15) is 0 Å². The number of aryl methyl sites for hydroxylation is 2. The maximum atomic E-state index is 12.9. The molecule has 1 amide bonds. The number of nitrogens with zero attached hydrogens (tertiary/aromatic N) is 1. The first kappa shape index (κ1) is 17.4. The Morgan fingerprint density at radius 3 is 2.68 bits per heavy atom. The van der Waals surface area contributed by atoms with Crippen molar-refractivity contribution in [2.75, 3.05) is 23.3 Å². The lowest BCUT2D eigenvalue weighted by atomic mass is 9.85. The molecular formula is C24H27N3O. The second-order valence-corrected chi connectivity index (χ2v) is 8.30. The number of rotatable bonds is 3. The van der Waals surface area contributed by atoms with Crippen LogP contribution in [0.1, 0.15) is 36.1 Å². The first-order valence-corrected chi connectivity index (χ1v) is 10.4. The van der Waals surface area contributed by atoms with Crippen molar-refractivity contribution in [3.8, 4) is 0 Å². The van der Waals surface area contributed by atoms with E-state index >= 15 is 0 Å². The summed E-state index contributed by atoms with van der Waals surface area (Å²) >= 11 is 0. The SMILES string of the molecule is Cc1ccc2[nH]c3c(c2c1)CC(C(=O)Nc1ccc(N2CCCC2)cc1)CC3. The Bertz CT molecular complexity index is 1010. The number of benzene rings is 2. The van der Waals surface area contributed by atoms with Gasteiger partial charge in [0.15, 0.2) is 0 Å². The van der Waals surface area contributed by atoms with Crippen LogP contribution in [-0.4, -0.2) is 24.0 Å². The molecule has 1 unspecified atom stereocenters. The van der Waals surface area contributed by atoms with E-state index in [0.717, 1.165) is 38.0 Å². The van der Waals surface area contributed by atoms with Crippen molar-refractivity contribution in [2.24, 2.45) is 5.92 Å². The molecule has 0 saturated carbocycles. The number of aromatic amines is 1. The van der Waals surface area contributed by atoms with Crippen LogP contribution in [0.2, 0.25) is 0 Å². The molecule has 5 rings (SSSR count). The molecule has 1 aromatic heterocycles. The van der Waals surface area contributed by atoms with Crippen LogP contribution < -0.4 is 10.2 Å². The van der Waals surface area contributed by atoms with Crippen LogP contribution in [-0.2, 0) is 17.6 Å². The van der Waals surface area contributed by atoms with Crippen molar-refractivity contribution in [3.05, 3.63) is 59.3 Å². The number of amides is 1. The molecule has 1 aliphatic carbocycles. The van der Waals surface area contributed by atoms with E-state index in [2.05, 4.69) is 52.5 Å². The summed E-state index contributed by atoms with van der Waals surface area (Å²) in [6.07, 6.45) is 5.20. The van der Waals surface area contributed by atoms with Crippen LogP contribution in [0.5, 0.6) is 0 Å². The smallest absolute Gasteiger partial charge is 0.227 e. The number of carbonyl (C=O) groups excluding carboxylic acids is 1. The fourth-order valence-corrected chi connectivity index (χ4v) is 4.73. The highest BCUT2D eigenvalue weighted by molar-refractivity contribution is 5.94. The van der Waals surface area contributed by atoms with Crippen molar-refractivity contribution < 1.29 is 4.79 Å². The molecule has 2 aromatic carbocycles. The normalized spacial score (nSPS) is 19.0. The molecule has 2 aliphatic rings. The van der Waals surface area contributed by atoms with Crippen molar-refractivity contribution in [1.29, 1.82) is 0 Å². The lowest BCUT2D eigenvalue weighted by Crippen LogP contribution is -2.28. The summed E-state index contributed by atoms with van der Waals surface area (Å²) in [7, 11) is 0. The highest BCUT2D eigenvalue weighted by atomic mass is 16.1. The van der Waals surface area contributed by atoms with Crippen LogP contribution in [0.3, 0.4) is 0 Å². The minimum Gasteiger partial charge on any atom is -0.372 e. The summed E-state index contributed by atoms with van der Waals surface area (Å²) < 4.78 is 0. The van der Waals surface area contributed by atoms with E-state index in [1.165, 1.54) is 46.3 Å². The summed E-state index contributed by atoms with van der Waals surface area (Å²) in [6, 6.07) is 14.9. The van der Waals surface area contributed by atoms with Crippen LogP contribution >= 0.6 is 0 Å². The third-order valence-electron chi connectivity index (χ3n) is 6.32. The molecule has 1 atom stereocenters. The van der Waals surface area contributed by atoms with Gasteiger partial charge in [-0.2, -0.15) is 0 Å². The molecule has 0 spiro atoms. The van der Waals surface area contributed by atoms with Crippen molar-refractivity contribution >= 4 is 28.2 Å². The zero-order valence-electron chi connectivity index (χ0n) is 16.4. The maximum absolute atomic E-state index is 12.9. The molecule has 28 heavy (non-hydrogen) atoms. The summed E-state index contributed by atoms with van der Waals surface area (Å²) in [5.41, 5.74) is 7.24. The Kier molecular flexibility index (Phi) is 4.34. The molecule has 144 valence electrons. The van der Waals surface area contributed by atoms with E-state index in [9.17, 15) is 4.79 Å². The number of anilines is 2. The molecule has 2 N–H and O–H groups in total. The van der Waals surface area contributed by atoms with E-state index in [-0.39, 0.29) is 11.8 Å². The van der Waals surface area contributed by atoms with Gasteiger partial charge in [0, 0.05) is 47.0 Å². The second-order valence-electron chi connectivity index (χ2n) is 8.30. The fraction of sp³-hybridized carbons (Fsp3) is 0.375. The van der Waals surface area contributed by atoms with Gasteiger partial charge in [-0.05, 0) is 81.0 Å². The van der Waals surface area contributed by atoms with Gasteiger partial charge in [0.2, 0.25) is 5.91 Å². The molecule has 1 saturated heterocycles. The van der Waals surface area contributed by atoms with Crippen LogP contribution in [0.4, 0.5) is 11.4 Å². The molecule has 2 heterocycles. The third-order valence-corrected chi connectivity index (χ3v) is 6.32. The van der Waals surface area contributed by atoms with Crippen LogP contribution in [0.15, 0.2) is 42.5 Å². The molecular weight excluding hydrogens is 346 g/mol. The Labute approximate surface area is 165 Å². The highest BCUT2D eigenvalue weighted by Gasteiger charge is 2.27. The molecule has 0 radical (unpaired) electrons. The van der Waals surface area contributed by atoms with E-state index in [1.807, 2.05) is 12.1 Å². The zero-order chi connectivity index (χ0) is 19.1. The number of H-pyrrole nitrogens is 1. The summed E-state index contributed by atoms with van der Waals surface area (Å²) in [5.74, 6) is 0.173. The number of nitrogens with one attached hydrogen (secondary N) is 2. The summed E-state index contributed by atoms with van der Waals surface area (Å²) in [5, 5.41) is 4.42. The first-order valence-electron chi connectivity index (χ1n) is 10.4. The van der Waals surface area contributed by atoms with Gasteiger partial charge in [-0.15, -0.1) is 0 Å². The van der Waals surface area contributed by atoms with E-state index in [4.69, 9.17) is 0 Å². The van der Waals surface area contributed by atoms with Gasteiger partial charge in [-0.3, -0.25) is 4.79 Å². The van der Waals surface area contributed by atoms with Gasteiger partial charge in [-0.25, -0.2) is 0 Å². The molecule has 4 nitrogen and oxygen atoms in total. The minimum atomic E-state index is 0.0327. The lowest BCUT2D eigenvalue weighted by Gasteiger charge is -2.22. The van der Waals surface area contributed by atoms with Gasteiger partial charge in [0.25, 0.3) is 0 Å². The predicted octanol–water partition coefficient (Wildman–Crippen LogP) is 4.82. The second kappa shape index (κ2) is 7.01. The van der Waals surface area contributed by atoms with Gasteiger partial charge in [0.05, 0.1) is 0 Å². The topological polar surface area (TPSA) is 48.1 Å². The molecule has 4 heteroatoms. The van der Waals surface area contributed by atoms with E-state index in [0.29, 0.717) is 0 Å².